The van der Waals surface area contributed by atoms with Crippen molar-refractivity contribution in [3.63, 3.8) is 0 Å². The Morgan fingerprint density at radius 3 is 2.31 bits per heavy atom. The summed E-state index contributed by atoms with van der Waals surface area (Å²) in [5.74, 6) is -2.76. The van der Waals surface area contributed by atoms with Crippen molar-refractivity contribution in [1.82, 2.24) is 10.2 Å². The molecule has 42 heavy (non-hydrogen) atoms. The van der Waals surface area contributed by atoms with Crippen molar-refractivity contribution in [1.29, 1.82) is 0 Å². The average molecular weight is 599 g/mol. The summed E-state index contributed by atoms with van der Waals surface area (Å²) in [6, 6.07) is -0.303. The van der Waals surface area contributed by atoms with Crippen LogP contribution in [0.5, 0.6) is 0 Å². The van der Waals surface area contributed by atoms with Crippen LogP contribution in [0.4, 0.5) is 4.79 Å². The number of nitrogens with zero attached hydrogens (tertiary/aromatic N) is 1. The smallest absolute Gasteiger partial charge is 0.408 e. The van der Waals surface area contributed by atoms with Gasteiger partial charge in [0.05, 0.1) is 30.5 Å². The number of cyclic esters (lactones) is 1. The first kappa shape index (κ1) is 34.7. The summed E-state index contributed by atoms with van der Waals surface area (Å²) in [6.07, 6.45) is -0.925. The zero-order valence-electron chi connectivity index (χ0n) is 27.4. The number of ether oxygens (including phenoxy) is 6. The Labute approximate surface area is 251 Å². The highest BCUT2D eigenvalue weighted by atomic mass is 16.7. The maximum atomic E-state index is 14.0. The zero-order chi connectivity index (χ0) is 31.6. The van der Waals surface area contributed by atoms with E-state index in [1.807, 2.05) is 20.8 Å². The Kier molecular flexibility index (Phi) is 11.5. The Morgan fingerprint density at radius 2 is 1.71 bits per heavy atom. The molecule has 0 bridgehead atoms. The number of ketones is 1. The van der Waals surface area contributed by atoms with Gasteiger partial charge in [0.2, 0.25) is 0 Å². The molecule has 12 atom stereocenters. The summed E-state index contributed by atoms with van der Waals surface area (Å²) in [6.45, 7) is 15.6. The molecular weight excluding hydrogens is 544 g/mol. The van der Waals surface area contributed by atoms with E-state index in [-0.39, 0.29) is 36.4 Å². The van der Waals surface area contributed by atoms with E-state index >= 15 is 0 Å². The molecule has 0 aliphatic carbocycles. The lowest BCUT2D eigenvalue weighted by atomic mass is 9.78. The van der Waals surface area contributed by atoms with E-state index in [1.54, 1.807) is 27.9 Å². The summed E-state index contributed by atoms with van der Waals surface area (Å²) in [7, 11) is 5.72. The van der Waals surface area contributed by atoms with Crippen LogP contribution in [0.1, 0.15) is 74.7 Å². The van der Waals surface area contributed by atoms with Crippen molar-refractivity contribution in [3.8, 4) is 0 Å². The molecule has 11 nitrogen and oxygen atoms in total. The van der Waals surface area contributed by atoms with Crippen LogP contribution in [0.15, 0.2) is 0 Å². The van der Waals surface area contributed by atoms with E-state index in [0.29, 0.717) is 19.4 Å². The van der Waals surface area contributed by atoms with Crippen LogP contribution >= 0.6 is 0 Å². The van der Waals surface area contributed by atoms with Gasteiger partial charge in [-0.25, -0.2) is 4.79 Å². The highest BCUT2D eigenvalue weighted by Crippen LogP contribution is 2.38. The van der Waals surface area contributed by atoms with Gasteiger partial charge in [0.25, 0.3) is 0 Å². The number of hydrogen-bond acceptors (Lipinski definition) is 10. The minimum Gasteiger partial charge on any atom is -0.458 e. The highest BCUT2D eigenvalue weighted by Gasteiger charge is 2.54. The number of esters is 1. The van der Waals surface area contributed by atoms with E-state index in [1.165, 1.54) is 0 Å². The van der Waals surface area contributed by atoms with Gasteiger partial charge in [0, 0.05) is 31.6 Å². The lowest BCUT2D eigenvalue weighted by Crippen LogP contribution is -2.56. The van der Waals surface area contributed by atoms with Crippen molar-refractivity contribution in [2.24, 2.45) is 23.7 Å². The molecule has 3 fully saturated rings. The van der Waals surface area contributed by atoms with Crippen molar-refractivity contribution < 1.29 is 42.8 Å². The molecular formula is C31H54N2O9. The summed E-state index contributed by atoms with van der Waals surface area (Å²) in [5.41, 5.74) is -2.07. The van der Waals surface area contributed by atoms with Crippen LogP contribution < -0.4 is 5.32 Å². The molecule has 0 aromatic carbocycles. The standard InChI is InChI=1S/C31H54N2O9/c1-12-24-31(8)23(32-29(36)42-31)16-38-15-17(2)14-30(7,37-11)26(20(5)25(34)21(6)27(35)40-24)41-28-19(4)22(33(9)10)13-18(3)39-28/h17-24,26,28H,12-16H2,1-11H3,(H,32,36)/t17-,18?,19?,20+,21-,22?,23-,24-,26-,28+,30-,31+/m1/s1. The zero-order valence-corrected chi connectivity index (χ0v) is 27.4. The number of carbonyl (C=O) groups excluding carboxylic acids is 3. The Bertz CT molecular complexity index is 963. The molecule has 3 unspecified atom stereocenters. The van der Waals surface area contributed by atoms with Crippen molar-refractivity contribution >= 4 is 17.8 Å². The molecule has 0 radical (unpaired) electrons. The van der Waals surface area contributed by atoms with Crippen LogP contribution in [0.3, 0.4) is 0 Å². The van der Waals surface area contributed by atoms with Crippen LogP contribution in [-0.4, -0.2) is 105 Å². The van der Waals surface area contributed by atoms with Crippen LogP contribution in [0.25, 0.3) is 0 Å². The number of Topliss-reactive ketones (excluding diaryl/α,β-unsaturated/α-hetero) is 1. The molecule has 3 rings (SSSR count). The second-order valence-electron chi connectivity index (χ2n) is 13.4. The molecule has 242 valence electrons. The fourth-order valence-corrected chi connectivity index (χ4v) is 6.96. The lowest BCUT2D eigenvalue weighted by Gasteiger charge is -2.47. The molecule has 1 N–H and O–H groups in total. The number of carbonyl (C=O) groups is 3. The first-order valence-corrected chi connectivity index (χ1v) is 15.4. The predicted octanol–water partition coefficient (Wildman–Crippen LogP) is 3.56. The maximum absolute atomic E-state index is 14.0. The van der Waals surface area contributed by atoms with E-state index in [0.717, 1.165) is 6.42 Å². The van der Waals surface area contributed by atoms with Gasteiger partial charge in [0.1, 0.15) is 12.0 Å². The Morgan fingerprint density at radius 1 is 1.05 bits per heavy atom. The van der Waals surface area contributed by atoms with Gasteiger partial charge in [-0.15, -0.1) is 0 Å². The van der Waals surface area contributed by atoms with E-state index in [2.05, 4.69) is 38.2 Å². The SMILES string of the molecule is CC[C@H]1OC(=O)[C@H](C)C(=O)[C@H](C)[C@@H](O[C@@H]2OC(C)CC(N(C)C)C2C)[C@](C)(OC)C[C@@H](C)COC[C@H]2NC(=O)O[C@@]21C. The average Bonchev–Trinajstić information content (AvgIpc) is 3.22. The molecule has 3 heterocycles. The fraction of sp³-hybridized carbons (Fsp3) is 0.903. The topological polar surface area (TPSA) is 122 Å². The van der Waals surface area contributed by atoms with Crippen molar-refractivity contribution in [2.75, 3.05) is 34.4 Å². The van der Waals surface area contributed by atoms with Crippen molar-refractivity contribution in [2.45, 2.75) is 123 Å². The highest BCUT2D eigenvalue weighted by molar-refractivity contribution is 6.00. The fourth-order valence-electron chi connectivity index (χ4n) is 6.96. The molecule has 0 spiro atoms. The maximum Gasteiger partial charge on any atom is 0.408 e. The third-order valence-electron chi connectivity index (χ3n) is 9.68. The summed E-state index contributed by atoms with van der Waals surface area (Å²) < 4.78 is 36.9. The van der Waals surface area contributed by atoms with Gasteiger partial charge in [-0.2, -0.15) is 0 Å². The van der Waals surface area contributed by atoms with Gasteiger partial charge >= 0.3 is 12.1 Å². The molecule has 3 saturated heterocycles. The third kappa shape index (κ3) is 7.29. The van der Waals surface area contributed by atoms with Gasteiger partial charge in [0.15, 0.2) is 17.7 Å². The number of nitrogens with one attached hydrogen (secondary N) is 1. The lowest BCUT2D eigenvalue weighted by molar-refractivity contribution is -0.281. The summed E-state index contributed by atoms with van der Waals surface area (Å²) >= 11 is 0. The quantitative estimate of drug-likeness (QED) is 0.371. The molecule has 11 heteroatoms. The number of alkyl carbamates (subject to hydrolysis) is 1. The van der Waals surface area contributed by atoms with E-state index in [4.69, 9.17) is 28.4 Å². The molecule has 0 aromatic rings. The molecule has 0 saturated carbocycles. The number of rotatable bonds is 5. The number of methoxy groups -OCH3 is 1. The first-order valence-electron chi connectivity index (χ1n) is 15.4. The van der Waals surface area contributed by atoms with Gasteiger partial charge in [-0.3, -0.25) is 9.59 Å². The normalized spacial score (nSPS) is 44.4. The van der Waals surface area contributed by atoms with Crippen molar-refractivity contribution in [3.05, 3.63) is 0 Å². The molecule has 1 amide bonds. The van der Waals surface area contributed by atoms with Crippen LogP contribution in [0, 0.1) is 23.7 Å². The van der Waals surface area contributed by atoms with Crippen LogP contribution in [-0.2, 0) is 38.0 Å². The minimum absolute atomic E-state index is 0.00758. The van der Waals surface area contributed by atoms with E-state index < -0.39 is 59.6 Å². The third-order valence-corrected chi connectivity index (χ3v) is 9.68. The molecule has 3 aliphatic heterocycles. The molecule has 0 aromatic heterocycles. The van der Waals surface area contributed by atoms with Gasteiger partial charge < -0.3 is 38.6 Å². The Hall–Kier alpha value is -1.79. The predicted molar refractivity (Wildman–Crippen MR) is 156 cm³/mol. The summed E-state index contributed by atoms with van der Waals surface area (Å²) in [5, 5.41) is 2.80. The largest absolute Gasteiger partial charge is 0.458 e. The Balaban J connectivity index is 1.99. The number of hydrogen-bond donors (Lipinski definition) is 1. The second-order valence-corrected chi connectivity index (χ2v) is 13.4. The number of amides is 1. The minimum atomic E-state index is -1.15. The summed E-state index contributed by atoms with van der Waals surface area (Å²) in [4.78, 5) is 41.9. The van der Waals surface area contributed by atoms with Gasteiger partial charge in [-0.05, 0) is 67.0 Å². The van der Waals surface area contributed by atoms with Gasteiger partial charge in [-0.1, -0.05) is 27.7 Å². The first-order chi connectivity index (χ1) is 19.6. The van der Waals surface area contributed by atoms with E-state index in [9.17, 15) is 14.4 Å². The number of fused-ring (bicyclic) bond motifs is 1. The molecule has 3 aliphatic rings. The second kappa shape index (κ2) is 13.9. The van der Waals surface area contributed by atoms with Crippen LogP contribution in [0.2, 0.25) is 0 Å². The monoisotopic (exact) mass is 598 g/mol.